The number of hydrogen-bond donors (Lipinski definition) is 1. The predicted octanol–water partition coefficient (Wildman–Crippen LogP) is 2.68. The van der Waals surface area contributed by atoms with E-state index < -0.39 is 0 Å². The van der Waals surface area contributed by atoms with Gasteiger partial charge in [0.05, 0.1) is 12.1 Å². The Hall–Kier alpha value is -2.93. The highest BCUT2D eigenvalue weighted by atomic mass is 32.1. The van der Waals surface area contributed by atoms with Gasteiger partial charge in [-0.2, -0.15) is 0 Å². The van der Waals surface area contributed by atoms with Gasteiger partial charge in [-0.25, -0.2) is 9.97 Å². The van der Waals surface area contributed by atoms with Crippen LogP contribution in [0.15, 0.2) is 54.0 Å². The van der Waals surface area contributed by atoms with Gasteiger partial charge >= 0.3 is 0 Å². The summed E-state index contributed by atoms with van der Waals surface area (Å²) in [5.74, 6) is 1.09. The summed E-state index contributed by atoms with van der Waals surface area (Å²) < 4.78 is 0. The number of nitrogen functional groups attached to an aromatic ring is 1. The summed E-state index contributed by atoms with van der Waals surface area (Å²) in [4.78, 5) is 25.8. The van der Waals surface area contributed by atoms with E-state index in [4.69, 9.17) is 5.73 Å². The summed E-state index contributed by atoms with van der Waals surface area (Å²) in [5.41, 5.74) is 8.36. The molecule has 2 N–H and O–H groups in total. The maximum Gasteiger partial charge on any atom is 0.228 e. The van der Waals surface area contributed by atoms with Crippen LogP contribution >= 0.6 is 11.3 Å². The number of hydrogen-bond acceptors (Lipinski definition) is 6. The molecule has 1 saturated heterocycles. The molecule has 0 unspecified atom stereocenters. The van der Waals surface area contributed by atoms with Gasteiger partial charge in [0.25, 0.3) is 0 Å². The van der Waals surface area contributed by atoms with Crippen LogP contribution < -0.4 is 10.6 Å². The first kappa shape index (κ1) is 17.5. The first-order chi connectivity index (χ1) is 13.2. The second-order valence-electron chi connectivity index (χ2n) is 6.50. The van der Waals surface area contributed by atoms with Crippen LogP contribution in [0.1, 0.15) is 5.69 Å². The van der Waals surface area contributed by atoms with Gasteiger partial charge in [-0.05, 0) is 24.3 Å². The number of amides is 1. The summed E-state index contributed by atoms with van der Waals surface area (Å²) in [7, 11) is 0. The second kappa shape index (κ2) is 7.75. The van der Waals surface area contributed by atoms with Crippen LogP contribution in [0.25, 0.3) is 10.6 Å². The molecule has 1 aliphatic heterocycles. The fourth-order valence-electron chi connectivity index (χ4n) is 3.18. The molecule has 6 nitrogen and oxygen atoms in total. The van der Waals surface area contributed by atoms with Crippen molar-refractivity contribution in [1.82, 2.24) is 14.9 Å². The first-order valence-electron chi connectivity index (χ1n) is 8.93. The summed E-state index contributed by atoms with van der Waals surface area (Å²) in [5, 5.41) is 2.85. The lowest BCUT2D eigenvalue weighted by molar-refractivity contribution is -0.130. The van der Waals surface area contributed by atoms with Gasteiger partial charge in [-0.3, -0.25) is 4.79 Å². The quantitative estimate of drug-likeness (QED) is 0.706. The lowest BCUT2D eigenvalue weighted by atomic mass is 10.2. The van der Waals surface area contributed by atoms with Crippen molar-refractivity contribution in [1.29, 1.82) is 0 Å². The molecule has 0 bridgehead atoms. The standard InChI is InChI=1S/C20H21N5OS/c21-16-5-3-4-15(12-16)20-23-17(14-27-20)13-19(26)25-10-8-24(9-11-25)18-6-1-2-7-22-18/h1-7,12,14H,8-11,13,21H2. The average molecular weight is 379 g/mol. The highest BCUT2D eigenvalue weighted by molar-refractivity contribution is 7.13. The maximum absolute atomic E-state index is 12.6. The number of nitrogens with two attached hydrogens (primary N) is 1. The van der Waals surface area contributed by atoms with Crippen molar-refractivity contribution in [2.24, 2.45) is 0 Å². The van der Waals surface area contributed by atoms with Gasteiger partial charge in [-0.15, -0.1) is 11.3 Å². The number of anilines is 2. The number of nitrogens with zero attached hydrogens (tertiary/aromatic N) is 4. The molecule has 1 fully saturated rings. The zero-order valence-corrected chi connectivity index (χ0v) is 15.7. The maximum atomic E-state index is 12.6. The van der Waals surface area contributed by atoms with E-state index in [1.165, 1.54) is 0 Å². The lowest BCUT2D eigenvalue weighted by Crippen LogP contribution is -2.49. The Morgan fingerprint density at radius 3 is 2.70 bits per heavy atom. The van der Waals surface area contributed by atoms with Gasteiger partial charge < -0.3 is 15.5 Å². The molecule has 7 heteroatoms. The summed E-state index contributed by atoms with van der Waals surface area (Å²) in [6.45, 7) is 3.02. The minimum Gasteiger partial charge on any atom is -0.399 e. The third-order valence-corrected chi connectivity index (χ3v) is 5.56. The van der Waals surface area contributed by atoms with Crippen LogP contribution in [0.5, 0.6) is 0 Å². The molecule has 1 amide bonds. The van der Waals surface area contributed by atoms with Gasteiger partial charge in [-0.1, -0.05) is 18.2 Å². The van der Waals surface area contributed by atoms with Crippen molar-refractivity contribution in [2.45, 2.75) is 6.42 Å². The molecule has 0 radical (unpaired) electrons. The van der Waals surface area contributed by atoms with Gasteiger partial charge in [0.2, 0.25) is 5.91 Å². The third kappa shape index (κ3) is 4.09. The molecule has 138 valence electrons. The Balaban J connectivity index is 1.35. The number of carbonyl (C=O) groups is 1. The van der Waals surface area contributed by atoms with Crippen molar-refractivity contribution in [3.8, 4) is 10.6 Å². The van der Waals surface area contributed by atoms with E-state index in [1.807, 2.05) is 52.7 Å². The van der Waals surface area contributed by atoms with Crippen molar-refractivity contribution in [2.75, 3.05) is 36.8 Å². The molecule has 3 heterocycles. The van der Waals surface area contributed by atoms with Crippen molar-refractivity contribution in [3.63, 3.8) is 0 Å². The molecular formula is C20H21N5OS. The second-order valence-corrected chi connectivity index (χ2v) is 7.36. The number of aromatic nitrogens is 2. The highest BCUT2D eigenvalue weighted by Gasteiger charge is 2.22. The van der Waals surface area contributed by atoms with Crippen LogP contribution in [0.3, 0.4) is 0 Å². The van der Waals surface area contributed by atoms with E-state index in [1.54, 1.807) is 17.5 Å². The fourth-order valence-corrected chi connectivity index (χ4v) is 4.00. The predicted molar refractivity (Wildman–Crippen MR) is 109 cm³/mol. The smallest absolute Gasteiger partial charge is 0.228 e. The summed E-state index contributed by atoms with van der Waals surface area (Å²) >= 11 is 1.54. The SMILES string of the molecule is Nc1cccc(-c2nc(CC(=O)N3CCN(c4ccccn4)CC3)cs2)c1. The zero-order chi connectivity index (χ0) is 18.6. The lowest BCUT2D eigenvalue weighted by Gasteiger charge is -2.35. The molecule has 27 heavy (non-hydrogen) atoms. The van der Waals surface area contributed by atoms with E-state index in [2.05, 4.69) is 14.9 Å². The van der Waals surface area contributed by atoms with E-state index >= 15 is 0 Å². The fraction of sp³-hybridized carbons (Fsp3) is 0.250. The number of rotatable bonds is 4. The molecule has 1 aliphatic rings. The van der Waals surface area contributed by atoms with Crippen molar-refractivity contribution >= 4 is 28.7 Å². The van der Waals surface area contributed by atoms with Gasteiger partial charge in [0, 0.05) is 49.0 Å². The van der Waals surface area contributed by atoms with Gasteiger partial charge in [0.15, 0.2) is 0 Å². The molecule has 4 rings (SSSR count). The summed E-state index contributed by atoms with van der Waals surface area (Å²) in [6, 6.07) is 13.6. The highest BCUT2D eigenvalue weighted by Crippen LogP contribution is 2.25. The Morgan fingerprint density at radius 2 is 1.96 bits per heavy atom. The van der Waals surface area contributed by atoms with Crippen LogP contribution in [0.4, 0.5) is 11.5 Å². The van der Waals surface area contributed by atoms with Crippen LogP contribution in [0.2, 0.25) is 0 Å². The molecular weight excluding hydrogens is 358 g/mol. The Bertz CT molecular complexity index is 919. The van der Waals surface area contributed by atoms with Crippen molar-refractivity contribution < 1.29 is 4.79 Å². The van der Waals surface area contributed by atoms with Crippen molar-refractivity contribution in [3.05, 3.63) is 59.7 Å². The van der Waals surface area contributed by atoms with E-state index in [-0.39, 0.29) is 5.91 Å². The molecule has 0 saturated carbocycles. The average Bonchev–Trinajstić information content (AvgIpc) is 3.17. The number of pyridine rings is 1. The molecule has 1 aromatic carbocycles. The molecule has 3 aromatic rings. The Labute approximate surface area is 162 Å². The Kier molecular flexibility index (Phi) is 5.02. The molecule has 0 atom stereocenters. The minimum absolute atomic E-state index is 0.125. The topological polar surface area (TPSA) is 75.3 Å². The minimum atomic E-state index is 0.125. The molecule has 0 aliphatic carbocycles. The third-order valence-electron chi connectivity index (χ3n) is 4.62. The number of thiazole rings is 1. The van der Waals surface area contributed by atoms with Crippen LogP contribution in [-0.4, -0.2) is 47.0 Å². The normalized spacial score (nSPS) is 14.4. The zero-order valence-electron chi connectivity index (χ0n) is 14.9. The van der Waals surface area contributed by atoms with E-state index in [0.717, 1.165) is 35.2 Å². The summed E-state index contributed by atoms with van der Waals surface area (Å²) in [6.07, 6.45) is 2.13. The van der Waals surface area contributed by atoms with E-state index in [0.29, 0.717) is 25.2 Å². The molecule has 2 aromatic heterocycles. The first-order valence-corrected chi connectivity index (χ1v) is 9.81. The van der Waals surface area contributed by atoms with Gasteiger partial charge in [0.1, 0.15) is 10.8 Å². The van der Waals surface area contributed by atoms with Crippen LogP contribution in [-0.2, 0) is 11.2 Å². The number of benzene rings is 1. The largest absolute Gasteiger partial charge is 0.399 e. The monoisotopic (exact) mass is 379 g/mol. The Morgan fingerprint density at radius 1 is 1.11 bits per heavy atom. The number of carbonyl (C=O) groups excluding carboxylic acids is 1. The van der Waals surface area contributed by atoms with Crippen LogP contribution in [0, 0.1) is 0 Å². The molecule has 0 spiro atoms. The van der Waals surface area contributed by atoms with E-state index in [9.17, 15) is 4.79 Å². The number of piperazine rings is 1.